The Morgan fingerprint density at radius 2 is 1.71 bits per heavy atom. The standard InChI is InChI=1S/C19H18FN3O4S/c1-27-17(25)10-9-16(24)23-19(28)22-15-4-2-3-12(11-15)18(26)21-14-7-5-13(20)6-8-14/h2-8,11H,9-10H2,1H3,(H,21,26)(H2,22,23,24,28). The van der Waals surface area contributed by atoms with Gasteiger partial charge in [0.05, 0.1) is 13.5 Å². The lowest BCUT2D eigenvalue weighted by Crippen LogP contribution is -2.34. The SMILES string of the molecule is COC(=O)CCC(=O)NC(=S)Nc1cccc(C(=O)Nc2ccc(F)cc2)c1. The van der Waals surface area contributed by atoms with Gasteiger partial charge < -0.3 is 20.7 Å². The minimum absolute atomic E-state index is 0.0333. The Labute approximate surface area is 166 Å². The van der Waals surface area contributed by atoms with Gasteiger partial charge in [-0.25, -0.2) is 4.39 Å². The third kappa shape index (κ3) is 6.76. The Morgan fingerprint density at radius 3 is 2.39 bits per heavy atom. The lowest BCUT2D eigenvalue weighted by molar-refractivity contribution is -0.142. The predicted molar refractivity (Wildman–Crippen MR) is 106 cm³/mol. The van der Waals surface area contributed by atoms with Crippen LogP contribution in [0.15, 0.2) is 48.5 Å². The minimum atomic E-state index is -0.492. The minimum Gasteiger partial charge on any atom is -0.469 e. The van der Waals surface area contributed by atoms with Crippen LogP contribution in [0, 0.1) is 5.82 Å². The summed E-state index contributed by atoms with van der Waals surface area (Å²) in [5, 5.41) is 7.92. The van der Waals surface area contributed by atoms with Gasteiger partial charge in [-0.2, -0.15) is 0 Å². The molecule has 146 valence electrons. The molecule has 0 radical (unpaired) electrons. The molecule has 3 N–H and O–H groups in total. The fourth-order valence-corrected chi connectivity index (χ4v) is 2.38. The molecule has 0 aliphatic heterocycles. The first-order valence-electron chi connectivity index (χ1n) is 8.22. The van der Waals surface area contributed by atoms with Crippen LogP contribution >= 0.6 is 12.2 Å². The first kappa shape index (κ1) is 21.0. The van der Waals surface area contributed by atoms with Crippen LogP contribution in [0.2, 0.25) is 0 Å². The van der Waals surface area contributed by atoms with Crippen LogP contribution in [0.3, 0.4) is 0 Å². The lowest BCUT2D eigenvalue weighted by atomic mass is 10.2. The van der Waals surface area contributed by atoms with Crippen molar-refractivity contribution in [3.8, 4) is 0 Å². The molecule has 28 heavy (non-hydrogen) atoms. The Kier molecular flexibility index (Phi) is 7.58. The van der Waals surface area contributed by atoms with Crippen LogP contribution in [-0.4, -0.2) is 30.0 Å². The molecular formula is C19H18FN3O4S. The molecular weight excluding hydrogens is 385 g/mol. The number of methoxy groups -OCH3 is 1. The molecule has 2 aromatic rings. The predicted octanol–water partition coefficient (Wildman–Crippen LogP) is 2.84. The lowest BCUT2D eigenvalue weighted by Gasteiger charge is -2.11. The average Bonchev–Trinajstić information content (AvgIpc) is 2.67. The molecule has 2 aromatic carbocycles. The van der Waals surface area contributed by atoms with Gasteiger partial charge >= 0.3 is 5.97 Å². The molecule has 0 aliphatic rings. The summed E-state index contributed by atoms with van der Waals surface area (Å²) in [5.74, 6) is -1.71. The molecule has 0 unspecified atom stereocenters. The summed E-state index contributed by atoms with van der Waals surface area (Å²) in [5.41, 5.74) is 1.29. The number of rotatable bonds is 6. The van der Waals surface area contributed by atoms with Gasteiger partial charge in [0.15, 0.2) is 5.11 Å². The molecule has 0 aromatic heterocycles. The maximum atomic E-state index is 12.9. The molecule has 0 aliphatic carbocycles. The molecule has 0 saturated heterocycles. The maximum absolute atomic E-state index is 12.9. The van der Waals surface area contributed by atoms with Gasteiger partial charge in [-0.15, -0.1) is 0 Å². The van der Waals surface area contributed by atoms with Crippen molar-refractivity contribution >= 4 is 46.5 Å². The van der Waals surface area contributed by atoms with Crippen molar-refractivity contribution in [2.24, 2.45) is 0 Å². The van der Waals surface area contributed by atoms with E-state index < -0.39 is 17.7 Å². The average molecular weight is 403 g/mol. The molecule has 0 atom stereocenters. The van der Waals surface area contributed by atoms with E-state index in [-0.39, 0.29) is 23.9 Å². The monoisotopic (exact) mass is 403 g/mol. The summed E-state index contributed by atoms with van der Waals surface area (Å²) in [6.45, 7) is 0. The van der Waals surface area contributed by atoms with E-state index in [2.05, 4.69) is 20.7 Å². The normalized spacial score (nSPS) is 9.93. The zero-order valence-corrected chi connectivity index (χ0v) is 15.8. The number of ether oxygens (including phenoxy) is 1. The summed E-state index contributed by atoms with van der Waals surface area (Å²) < 4.78 is 17.4. The number of esters is 1. The highest BCUT2D eigenvalue weighted by Gasteiger charge is 2.10. The molecule has 0 fully saturated rings. The fourth-order valence-electron chi connectivity index (χ4n) is 2.14. The second-order valence-electron chi connectivity index (χ2n) is 5.62. The molecule has 2 amide bonds. The van der Waals surface area contributed by atoms with Crippen LogP contribution in [0.1, 0.15) is 23.2 Å². The smallest absolute Gasteiger partial charge is 0.306 e. The first-order chi connectivity index (χ1) is 13.4. The van der Waals surface area contributed by atoms with Crippen molar-refractivity contribution < 1.29 is 23.5 Å². The summed E-state index contributed by atoms with van der Waals surface area (Å²) in [6, 6.07) is 11.9. The van der Waals surface area contributed by atoms with E-state index >= 15 is 0 Å². The van der Waals surface area contributed by atoms with Crippen LogP contribution in [-0.2, 0) is 14.3 Å². The second kappa shape index (κ2) is 10.1. The van der Waals surface area contributed by atoms with E-state index in [1.807, 2.05) is 0 Å². The van der Waals surface area contributed by atoms with Crippen LogP contribution in [0.25, 0.3) is 0 Å². The summed E-state index contributed by atoms with van der Waals surface area (Å²) in [6.07, 6.45) is -0.113. The number of hydrogen-bond donors (Lipinski definition) is 3. The van der Waals surface area contributed by atoms with Crippen LogP contribution in [0.5, 0.6) is 0 Å². The van der Waals surface area contributed by atoms with E-state index in [9.17, 15) is 18.8 Å². The van der Waals surface area contributed by atoms with Gasteiger partial charge in [-0.3, -0.25) is 14.4 Å². The fraction of sp³-hybridized carbons (Fsp3) is 0.158. The van der Waals surface area contributed by atoms with Gasteiger partial charge in [0.25, 0.3) is 5.91 Å². The Bertz CT molecular complexity index is 887. The number of carbonyl (C=O) groups excluding carboxylic acids is 3. The highest BCUT2D eigenvalue weighted by Crippen LogP contribution is 2.14. The first-order valence-corrected chi connectivity index (χ1v) is 8.63. The van der Waals surface area contributed by atoms with E-state index in [4.69, 9.17) is 12.2 Å². The summed E-state index contributed by atoms with van der Waals surface area (Å²) in [7, 11) is 1.24. The van der Waals surface area contributed by atoms with Gasteiger partial charge in [-0.1, -0.05) is 6.07 Å². The second-order valence-corrected chi connectivity index (χ2v) is 6.03. The third-order valence-corrected chi connectivity index (χ3v) is 3.73. The number of nitrogens with one attached hydrogen (secondary N) is 3. The number of amides is 2. The molecule has 0 saturated carbocycles. The number of benzene rings is 2. The Hall–Kier alpha value is -3.33. The third-order valence-electron chi connectivity index (χ3n) is 3.52. The van der Waals surface area contributed by atoms with Crippen molar-refractivity contribution in [1.29, 1.82) is 0 Å². The molecule has 0 spiro atoms. The number of anilines is 2. The van der Waals surface area contributed by atoms with Crippen molar-refractivity contribution in [3.05, 3.63) is 59.9 Å². The maximum Gasteiger partial charge on any atom is 0.306 e. The van der Waals surface area contributed by atoms with Crippen LogP contribution < -0.4 is 16.0 Å². The van der Waals surface area contributed by atoms with E-state index in [1.54, 1.807) is 24.3 Å². The Morgan fingerprint density at radius 1 is 1.00 bits per heavy atom. The molecule has 9 heteroatoms. The largest absolute Gasteiger partial charge is 0.469 e. The molecule has 0 bridgehead atoms. The number of thiocarbonyl (C=S) groups is 1. The number of carbonyl (C=O) groups is 3. The van der Waals surface area contributed by atoms with Crippen molar-refractivity contribution in [2.45, 2.75) is 12.8 Å². The van der Waals surface area contributed by atoms with Gasteiger partial charge in [0.2, 0.25) is 5.91 Å². The van der Waals surface area contributed by atoms with Crippen LogP contribution in [0.4, 0.5) is 15.8 Å². The summed E-state index contributed by atoms with van der Waals surface area (Å²) in [4.78, 5) is 35.1. The van der Waals surface area contributed by atoms with Crippen molar-refractivity contribution in [2.75, 3.05) is 17.7 Å². The molecule has 0 heterocycles. The van der Waals surface area contributed by atoms with Crippen molar-refractivity contribution in [1.82, 2.24) is 5.32 Å². The van der Waals surface area contributed by atoms with E-state index in [0.29, 0.717) is 16.9 Å². The number of hydrogen-bond acceptors (Lipinski definition) is 5. The highest BCUT2D eigenvalue weighted by molar-refractivity contribution is 7.80. The molecule has 7 nitrogen and oxygen atoms in total. The van der Waals surface area contributed by atoms with E-state index in [1.165, 1.54) is 31.4 Å². The summed E-state index contributed by atoms with van der Waals surface area (Å²) >= 11 is 5.05. The zero-order valence-electron chi connectivity index (χ0n) is 15.0. The number of halogens is 1. The molecule has 2 rings (SSSR count). The van der Waals surface area contributed by atoms with E-state index in [0.717, 1.165) is 0 Å². The van der Waals surface area contributed by atoms with Crippen molar-refractivity contribution in [3.63, 3.8) is 0 Å². The van der Waals surface area contributed by atoms with Gasteiger partial charge in [0, 0.05) is 23.4 Å². The van der Waals surface area contributed by atoms with Gasteiger partial charge in [-0.05, 0) is 54.7 Å². The zero-order chi connectivity index (χ0) is 20.5. The van der Waals surface area contributed by atoms with Gasteiger partial charge in [0.1, 0.15) is 5.82 Å². The quantitative estimate of drug-likeness (QED) is 0.507. The highest BCUT2D eigenvalue weighted by atomic mass is 32.1. The Balaban J connectivity index is 1.92. The topological polar surface area (TPSA) is 96.5 Å².